The Bertz CT molecular complexity index is 544. The number of aliphatic hydroxyl groups is 1. The summed E-state index contributed by atoms with van der Waals surface area (Å²) in [6.07, 6.45) is 2.68. The second-order valence-corrected chi connectivity index (χ2v) is 6.40. The lowest BCUT2D eigenvalue weighted by molar-refractivity contribution is 0.273. The Balaban J connectivity index is 2.02. The highest BCUT2D eigenvalue weighted by Crippen LogP contribution is 2.22. The van der Waals surface area contributed by atoms with Gasteiger partial charge < -0.3 is 10.4 Å². The highest BCUT2D eigenvalue weighted by atomic mass is 16.3. The highest BCUT2D eigenvalue weighted by molar-refractivity contribution is 5.38. The van der Waals surface area contributed by atoms with Gasteiger partial charge in [-0.1, -0.05) is 57.2 Å². The standard InChI is InChI=1S/C18H24N2O/c1-18(2,3)15-9-10-17(19-12-15)20-16(13-21)11-14-7-5-4-6-8-14/h4-10,12,16,21H,11,13H2,1-3H3,(H,19,20). The predicted octanol–water partition coefficient (Wildman–Crippen LogP) is 3.39. The van der Waals surface area contributed by atoms with Crippen LogP contribution in [0.5, 0.6) is 0 Å². The van der Waals surface area contributed by atoms with Crippen LogP contribution in [0.3, 0.4) is 0 Å². The zero-order chi connectivity index (χ0) is 15.3. The average Bonchev–Trinajstić information content (AvgIpc) is 2.47. The fourth-order valence-electron chi connectivity index (χ4n) is 2.19. The van der Waals surface area contributed by atoms with Crippen LogP contribution in [0.15, 0.2) is 48.7 Å². The fourth-order valence-corrected chi connectivity index (χ4v) is 2.19. The SMILES string of the molecule is CC(C)(C)c1ccc(NC(CO)Cc2ccccc2)nc1. The number of nitrogens with zero attached hydrogens (tertiary/aromatic N) is 1. The number of aromatic nitrogens is 1. The maximum Gasteiger partial charge on any atom is 0.126 e. The first kappa shape index (κ1) is 15.5. The Hall–Kier alpha value is -1.87. The summed E-state index contributed by atoms with van der Waals surface area (Å²) in [6, 6.07) is 14.2. The smallest absolute Gasteiger partial charge is 0.126 e. The summed E-state index contributed by atoms with van der Waals surface area (Å²) in [5.74, 6) is 0.804. The van der Waals surface area contributed by atoms with E-state index in [0.717, 1.165) is 12.2 Å². The molecular weight excluding hydrogens is 260 g/mol. The molecule has 0 aliphatic heterocycles. The van der Waals surface area contributed by atoms with E-state index >= 15 is 0 Å². The first-order valence-electron chi connectivity index (χ1n) is 7.37. The van der Waals surface area contributed by atoms with Crippen LogP contribution >= 0.6 is 0 Å². The summed E-state index contributed by atoms with van der Waals surface area (Å²) >= 11 is 0. The number of hydrogen-bond donors (Lipinski definition) is 2. The second kappa shape index (κ2) is 6.72. The van der Waals surface area contributed by atoms with Crippen molar-refractivity contribution < 1.29 is 5.11 Å². The van der Waals surface area contributed by atoms with Crippen molar-refractivity contribution >= 4 is 5.82 Å². The molecule has 0 amide bonds. The van der Waals surface area contributed by atoms with Gasteiger partial charge in [-0.3, -0.25) is 0 Å². The summed E-state index contributed by atoms with van der Waals surface area (Å²) in [5, 5.41) is 12.8. The lowest BCUT2D eigenvalue weighted by Gasteiger charge is -2.20. The number of pyridine rings is 1. The molecule has 0 bridgehead atoms. The molecule has 0 saturated heterocycles. The lowest BCUT2D eigenvalue weighted by atomic mass is 9.88. The van der Waals surface area contributed by atoms with E-state index in [1.807, 2.05) is 30.5 Å². The number of aliphatic hydroxyl groups excluding tert-OH is 1. The molecule has 0 aliphatic carbocycles. The number of nitrogens with one attached hydrogen (secondary N) is 1. The molecule has 2 rings (SSSR count). The molecule has 0 spiro atoms. The summed E-state index contributed by atoms with van der Waals surface area (Å²) in [5.41, 5.74) is 2.51. The number of anilines is 1. The maximum absolute atomic E-state index is 9.54. The van der Waals surface area contributed by atoms with Gasteiger partial charge in [0.1, 0.15) is 5.82 Å². The maximum atomic E-state index is 9.54. The van der Waals surface area contributed by atoms with Gasteiger partial charge in [0.2, 0.25) is 0 Å². The van der Waals surface area contributed by atoms with Crippen LogP contribution in [-0.4, -0.2) is 22.7 Å². The largest absolute Gasteiger partial charge is 0.394 e. The zero-order valence-electron chi connectivity index (χ0n) is 13.0. The van der Waals surface area contributed by atoms with Gasteiger partial charge in [-0.25, -0.2) is 4.98 Å². The van der Waals surface area contributed by atoms with Crippen molar-refractivity contribution in [3.05, 3.63) is 59.8 Å². The molecule has 1 unspecified atom stereocenters. The average molecular weight is 284 g/mol. The molecule has 0 fully saturated rings. The molecule has 1 aromatic heterocycles. The minimum Gasteiger partial charge on any atom is -0.394 e. The number of rotatable bonds is 5. The number of hydrogen-bond acceptors (Lipinski definition) is 3. The molecule has 2 N–H and O–H groups in total. The van der Waals surface area contributed by atoms with Crippen molar-refractivity contribution in [2.24, 2.45) is 0 Å². The molecule has 0 aliphatic rings. The van der Waals surface area contributed by atoms with Crippen LogP contribution in [-0.2, 0) is 11.8 Å². The Labute approximate surface area is 127 Å². The monoisotopic (exact) mass is 284 g/mol. The molecule has 21 heavy (non-hydrogen) atoms. The van der Waals surface area contributed by atoms with E-state index < -0.39 is 0 Å². The van der Waals surface area contributed by atoms with Gasteiger partial charge in [0.25, 0.3) is 0 Å². The quantitative estimate of drug-likeness (QED) is 0.884. The third-order valence-corrected chi connectivity index (χ3v) is 3.53. The summed E-state index contributed by atoms with van der Waals surface area (Å²) in [7, 11) is 0. The van der Waals surface area contributed by atoms with E-state index in [0.29, 0.717) is 0 Å². The Morgan fingerprint density at radius 3 is 2.33 bits per heavy atom. The van der Waals surface area contributed by atoms with Crippen molar-refractivity contribution in [3.63, 3.8) is 0 Å². The highest BCUT2D eigenvalue weighted by Gasteiger charge is 2.14. The van der Waals surface area contributed by atoms with Crippen LogP contribution in [0, 0.1) is 0 Å². The normalized spacial score (nSPS) is 13.0. The van der Waals surface area contributed by atoms with Gasteiger partial charge in [0.05, 0.1) is 12.6 Å². The summed E-state index contributed by atoms with van der Waals surface area (Å²) < 4.78 is 0. The van der Waals surface area contributed by atoms with E-state index in [4.69, 9.17) is 0 Å². The minimum atomic E-state index is -0.0274. The van der Waals surface area contributed by atoms with Crippen LogP contribution < -0.4 is 5.32 Å². The molecular formula is C18H24N2O. The molecule has 112 valence electrons. The Morgan fingerprint density at radius 1 is 1.10 bits per heavy atom. The Morgan fingerprint density at radius 2 is 1.81 bits per heavy atom. The summed E-state index contributed by atoms with van der Waals surface area (Å²) in [4.78, 5) is 4.45. The van der Waals surface area contributed by atoms with E-state index in [-0.39, 0.29) is 18.1 Å². The topological polar surface area (TPSA) is 45.1 Å². The van der Waals surface area contributed by atoms with Crippen molar-refractivity contribution in [2.75, 3.05) is 11.9 Å². The van der Waals surface area contributed by atoms with Gasteiger partial charge in [0.15, 0.2) is 0 Å². The molecule has 1 aromatic carbocycles. The van der Waals surface area contributed by atoms with E-state index in [1.165, 1.54) is 11.1 Å². The molecule has 0 saturated carbocycles. The third-order valence-electron chi connectivity index (χ3n) is 3.53. The number of benzene rings is 1. The fraction of sp³-hybridized carbons (Fsp3) is 0.389. The van der Waals surface area contributed by atoms with E-state index in [9.17, 15) is 5.11 Å². The first-order chi connectivity index (χ1) is 9.99. The van der Waals surface area contributed by atoms with E-state index in [1.54, 1.807) is 0 Å². The van der Waals surface area contributed by atoms with Crippen LogP contribution in [0.1, 0.15) is 31.9 Å². The molecule has 0 radical (unpaired) electrons. The first-order valence-corrected chi connectivity index (χ1v) is 7.37. The Kier molecular flexibility index (Phi) is 4.97. The minimum absolute atomic E-state index is 0.0274. The zero-order valence-corrected chi connectivity index (χ0v) is 13.0. The van der Waals surface area contributed by atoms with Crippen molar-refractivity contribution in [1.29, 1.82) is 0 Å². The van der Waals surface area contributed by atoms with E-state index in [2.05, 4.69) is 49.3 Å². The van der Waals surface area contributed by atoms with Gasteiger partial charge >= 0.3 is 0 Å². The van der Waals surface area contributed by atoms with Crippen LogP contribution in [0.4, 0.5) is 5.82 Å². The van der Waals surface area contributed by atoms with Crippen LogP contribution in [0.25, 0.3) is 0 Å². The van der Waals surface area contributed by atoms with Gasteiger partial charge in [-0.2, -0.15) is 0 Å². The molecule has 2 aromatic rings. The summed E-state index contributed by atoms with van der Waals surface area (Å²) in [6.45, 7) is 6.59. The van der Waals surface area contributed by atoms with Crippen molar-refractivity contribution in [2.45, 2.75) is 38.6 Å². The van der Waals surface area contributed by atoms with Gasteiger partial charge in [-0.15, -0.1) is 0 Å². The molecule has 3 heteroatoms. The van der Waals surface area contributed by atoms with Crippen molar-refractivity contribution in [1.82, 2.24) is 4.98 Å². The molecule has 3 nitrogen and oxygen atoms in total. The third kappa shape index (κ3) is 4.57. The van der Waals surface area contributed by atoms with Crippen LogP contribution in [0.2, 0.25) is 0 Å². The van der Waals surface area contributed by atoms with Gasteiger partial charge in [-0.05, 0) is 29.0 Å². The molecule has 1 atom stereocenters. The second-order valence-electron chi connectivity index (χ2n) is 6.40. The molecule has 1 heterocycles. The van der Waals surface area contributed by atoms with Gasteiger partial charge in [0, 0.05) is 6.20 Å². The predicted molar refractivity (Wildman–Crippen MR) is 87.6 cm³/mol. The van der Waals surface area contributed by atoms with Crippen molar-refractivity contribution in [3.8, 4) is 0 Å². The lowest BCUT2D eigenvalue weighted by Crippen LogP contribution is -2.27.